The number of alkyl halides is 1. The second-order valence-corrected chi connectivity index (χ2v) is 5.54. The fourth-order valence-corrected chi connectivity index (χ4v) is 2.72. The Labute approximate surface area is 124 Å². The summed E-state index contributed by atoms with van der Waals surface area (Å²) in [6.45, 7) is 0.653. The SMILES string of the molecule is COc1cccc(OC)c1C(=O)NCC1(CCCl)CC1. The lowest BCUT2D eigenvalue weighted by atomic mass is 10.0. The van der Waals surface area contributed by atoms with Crippen LogP contribution >= 0.6 is 11.6 Å². The van der Waals surface area contributed by atoms with Crippen molar-refractivity contribution < 1.29 is 14.3 Å². The highest BCUT2D eigenvalue weighted by Gasteiger charge is 2.42. The highest BCUT2D eigenvalue weighted by molar-refractivity contribution is 6.17. The molecule has 0 radical (unpaired) electrons. The van der Waals surface area contributed by atoms with E-state index in [-0.39, 0.29) is 11.3 Å². The molecule has 2 rings (SSSR count). The minimum atomic E-state index is -0.167. The summed E-state index contributed by atoms with van der Waals surface area (Å²) in [5.41, 5.74) is 0.645. The molecule has 0 aliphatic heterocycles. The zero-order chi connectivity index (χ0) is 14.6. The number of hydrogen-bond donors (Lipinski definition) is 1. The third kappa shape index (κ3) is 3.18. The summed E-state index contributed by atoms with van der Waals surface area (Å²) in [5, 5.41) is 2.98. The molecule has 0 saturated heterocycles. The lowest BCUT2D eigenvalue weighted by Gasteiger charge is -2.17. The molecule has 1 N–H and O–H groups in total. The molecule has 0 aromatic heterocycles. The van der Waals surface area contributed by atoms with E-state index in [1.54, 1.807) is 32.4 Å². The predicted molar refractivity (Wildman–Crippen MR) is 78.9 cm³/mol. The molecule has 0 heterocycles. The first-order valence-electron chi connectivity index (χ1n) is 6.71. The largest absolute Gasteiger partial charge is 0.496 e. The Kier molecular flexibility index (Phi) is 4.76. The van der Waals surface area contributed by atoms with Gasteiger partial charge in [0.1, 0.15) is 17.1 Å². The summed E-state index contributed by atoms with van der Waals surface area (Å²) in [4.78, 5) is 12.4. The predicted octanol–water partition coefficient (Wildman–Crippen LogP) is 2.84. The molecule has 1 aromatic carbocycles. The number of benzene rings is 1. The molecular formula is C15H20ClNO3. The van der Waals surface area contributed by atoms with Crippen LogP contribution in [0.1, 0.15) is 29.6 Å². The van der Waals surface area contributed by atoms with Gasteiger partial charge in [0.25, 0.3) is 5.91 Å². The third-order valence-electron chi connectivity index (χ3n) is 3.86. The van der Waals surface area contributed by atoms with Gasteiger partial charge in [-0.15, -0.1) is 11.6 Å². The number of carbonyl (C=O) groups is 1. The lowest BCUT2D eigenvalue weighted by Crippen LogP contribution is -2.31. The maximum Gasteiger partial charge on any atom is 0.258 e. The van der Waals surface area contributed by atoms with Gasteiger partial charge in [-0.1, -0.05) is 6.07 Å². The second kappa shape index (κ2) is 6.35. The number of rotatable bonds is 7. The summed E-state index contributed by atoms with van der Waals surface area (Å²) in [5.74, 6) is 1.50. The Balaban J connectivity index is 2.09. The van der Waals surface area contributed by atoms with Crippen LogP contribution in [-0.2, 0) is 0 Å². The van der Waals surface area contributed by atoms with E-state index in [0.29, 0.717) is 29.5 Å². The topological polar surface area (TPSA) is 47.6 Å². The van der Waals surface area contributed by atoms with Crippen LogP contribution in [0, 0.1) is 5.41 Å². The first-order valence-corrected chi connectivity index (χ1v) is 7.24. The van der Waals surface area contributed by atoms with Gasteiger partial charge in [-0.05, 0) is 36.8 Å². The van der Waals surface area contributed by atoms with Crippen LogP contribution in [0.4, 0.5) is 0 Å². The zero-order valence-corrected chi connectivity index (χ0v) is 12.6. The van der Waals surface area contributed by atoms with Gasteiger partial charge in [0.15, 0.2) is 0 Å². The fourth-order valence-electron chi connectivity index (χ4n) is 2.32. The standard InChI is InChI=1S/C15H20ClNO3/c1-19-11-4-3-5-12(20-2)13(11)14(18)17-10-15(6-7-15)8-9-16/h3-5H,6-10H2,1-2H3,(H,17,18). The molecule has 0 spiro atoms. The molecule has 0 atom stereocenters. The van der Waals surface area contributed by atoms with Gasteiger partial charge in [0.05, 0.1) is 14.2 Å². The number of carbonyl (C=O) groups excluding carboxylic acids is 1. The zero-order valence-electron chi connectivity index (χ0n) is 11.9. The van der Waals surface area contributed by atoms with Crippen molar-refractivity contribution in [1.82, 2.24) is 5.32 Å². The molecule has 1 aliphatic rings. The van der Waals surface area contributed by atoms with E-state index in [2.05, 4.69) is 5.32 Å². The van der Waals surface area contributed by atoms with E-state index in [0.717, 1.165) is 19.3 Å². The van der Waals surface area contributed by atoms with Crippen LogP contribution in [0.5, 0.6) is 11.5 Å². The minimum absolute atomic E-state index is 0.167. The summed E-state index contributed by atoms with van der Waals surface area (Å²) in [6, 6.07) is 5.30. The van der Waals surface area contributed by atoms with Crippen molar-refractivity contribution in [3.63, 3.8) is 0 Å². The number of ether oxygens (including phenoxy) is 2. The van der Waals surface area contributed by atoms with Crippen molar-refractivity contribution in [2.75, 3.05) is 26.6 Å². The average molecular weight is 298 g/mol. The highest BCUT2D eigenvalue weighted by Crippen LogP contribution is 2.48. The van der Waals surface area contributed by atoms with Crippen molar-refractivity contribution in [2.24, 2.45) is 5.41 Å². The Hall–Kier alpha value is -1.42. The van der Waals surface area contributed by atoms with Gasteiger partial charge in [0.2, 0.25) is 0 Å². The van der Waals surface area contributed by atoms with E-state index in [1.165, 1.54) is 0 Å². The van der Waals surface area contributed by atoms with E-state index in [1.807, 2.05) is 0 Å². The van der Waals surface area contributed by atoms with Crippen molar-refractivity contribution in [3.05, 3.63) is 23.8 Å². The van der Waals surface area contributed by atoms with Crippen LogP contribution in [0.15, 0.2) is 18.2 Å². The molecule has 1 saturated carbocycles. The van der Waals surface area contributed by atoms with Gasteiger partial charge in [-0.2, -0.15) is 0 Å². The quantitative estimate of drug-likeness (QED) is 0.787. The molecule has 20 heavy (non-hydrogen) atoms. The van der Waals surface area contributed by atoms with E-state index < -0.39 is 0 Å². The summed E-state index contributed by atoms with van der Waals surface area (Å²) >= 11 is 5.80. The molecule has 0 unspecified atom stereocenters. The van der Waals surface area contributed by atoms with E-state index >= 15 is 0 Å². The summed E-state index contributed by atoms with van der Waals surface area (Å²) in [7, 11) is 3.09. The van der Waals surface area contributed by atoms with Crippen LogP contribution < -0.4 is 14.8 Å². The minimum Gasteiger partial charge on any atom is -0.496 e. The van der Waals surface area contributed by atoms with Crippen molar-refractivity contribution in [1.29, 1.82) is 0 Å². The molecule has 1 aromatic rings. The van der Waals surface area contributed by atoms with Crippen LogP contribution in [0.2, 0.25) is 0 Å². The highest BCUT2D eigenvalue weighted by atomic mass is 35.5. The fraction of sp³-hybridized carbons (Fsp3) is 0.533. The maximum atomic E-state index is 12.4. The summed E-state index contributed by atoms with van der Waals surface area (Å²) in [6.07, 6.45) is 3.20. The number of halogens is 1. The van der Waals surface area contributed by atoms with Crippen LogP contribution in [-0.4, -0.2) is 32.6 Å². The first-order chi connectivity index (χ1) is 9.65. The van der Waals surface area contributed by atoms with Gasteiger partial charge < -0.3 is 14.8 Å². The molecule has 1 amide bonds. The molecule has 1 fully saturated rings. The summed E-state index contributed by atoms with van der Waals surface area (Å²) < 4.78 is 10.5. The number of amides is 1. The maximum absolute atomic E-state index is 12.4. The van der Waals surface area contributed by atoms with Crippen LogP contribution in [0.25, 0.3) is 0 Å². The van der Waals surface area contributed by atoms with Crippen LogP contribution in [0.3, 0.4) is 0 Å². The number of hydrogen-bond acceptors (Lipinski definition) is 3. The molecule has 4 nitrogen and oxygen atoms in total. The van der Waals surface area contributed by atoms with Crippen molar-refractivity contribution in [3.8, 4) is 11.5 Å². The van der Waals surface area contributed by atoms with Crippen molar-refractivity contribution >= 4 is 17.5 Å². The number of nitrogens with one attached hydrogen (secondary N) is 1. The molecule has 110 valence electrons. The Morgan fingerprint density at radius 2 is 1.90 bits per heavy atom. The molecule has 1 aliphatic carbocycles. The number of methoxy groups -OCH3 is 2. The van der Waals surface area contributed by atoms with Crippen molar-refractivity contribution in [2.45, 2.75) is 19.3 Å². The normalized spacial score (nSPS) is 15.6. The first kappa shape index (κ1) is 15.0. The van der Waals surface area contributed by atoms with Gasteiger partial charge >= 0.3 is 0 Å². The van der Waals surface area contributed by atoms with E-state index in [4.69, 9.17) is 21.1 Å². The van der Waals surface area contributed by atoms with Gasteiger partial charge in [-0.3, -0.25) is 4.79 Å². The smallest absolute Gasteiger partial charge is 0.258 e. The van der Waals surface area contributed by atoms with E-state index in [9.17, 15) is 4.79 Å². The molecule has 5 heteroatoms. The van der Waals surface area contributed by atoms with Gasteiger partial charge in [0, 0.05) is 12.4 Å². The van der Waals surface area contributed by atoms with Gasteiger partial charge in [-0.25, -0.2) is 0 Å². The Bertz CT molecular complexity index is 464. The second-order valence-electron chi connectivity index (χ2n) is 5.16. The lowest BCUT2D eigenvalue weighted by molar-refractivity contribution is 0.0938. The monoisotopic (exact) mass is 297 g/mol. The third-order valence-corrected chi connectivity index (χ3v) is 4.05. The average Bonchev–Trinajstić information content (AvgIpc) is 3.24. The Morgan fingerprint density at radius 3 is 2.35 bits per heavy atom. The molecule has 0 bridgehead atoms. The Morgan fingerprint density at radius 1 is 1.30 bits per heavy atom. The molecular weight excluding hydrogens is 278 g/mol.